The molecule has 2 aliphatic heterocycles. The Bertz CT molecular complexity index is 216. The molecule has 3 N–H and O–H groups in total. The third kappa shape index (κ3) is 1.89. The number of morpholine rings is 1. The van der Waals surface area contributed by atoms with Gasteiger partial charge < -0.3 is 20.7 Å². The zero-order valence-corrected chi connectivity index (χ0v) is 8.24. The minimum Gasteiger partial charge on any atom is -0.378 e. The van der Waals surface area contributed by atoms with Gasteiger partial charge in [0.2, 0.25) is 5.91 Å². The molecule has 0 saturated carbocycles. The van der Waals surface area contributed by atoms with Crippen molar-refractivity contribution in [1.29, 1.82) is 0 Å². The third-order valence-electron chi connectivity index (χ3n) is 2.90. The topological polar surface area (TPSA) is 67.6 Å². The van der Waals surface area contributed by atoms with Gasteiger partial charge in [0.25, 0.3) is 0 Å². The Morgan fingerprint density at radius 2 is 2.07 bits per heavy atom. The van der Waals surface area contributed by atoms with Gasteiger partial charge in [0.15, 0.2) is 0 Å². The van der Waals surface area contributed by atoms with Crippen LogP contribution in [-0.2, 0) is 9.53 Å². The van der Waals surface area contributed by atoms with Crippen LogP contribution in [0.15, 0.2) is 0 Å². The van der Waals surface area contributed by atoms with Gasteiger partial charge in [0.1, 0.15) is 0 Å². The van der Waals surface area contributed by atoms with Crippen molar-refractivity contribution >= 4 is 5.91 Å². The summed E-state index contributed by atoms with van der Waals surface area (Å²) in [5.41, 5.74) is 5.85. The Kier molecular flexibility index (Phi) is 3.00. The molecule has 80 valence electrons. The van der Waals surface area contributed by atoms with Gasteiger partial charge in [-0.3, -0.25) is 4.79 Å². The van der Waals surface area contributed by atoms with Crippen molar-refractivity contribution in [2.45, 2.75) is 6.04 Å². The van der Waals surface area contributed by atoms with Crippen LogP contribution >= 0.6 is 0 Å². The average Bonchev–Trinajstić information content (AvgIpc) is 2.65. The summed E-state index contributed by atoms with van der Waals surface area (Å²) in [6.07, 6.45) is 0. The molecule has 14 heavy (non-hydrogen) atoms. The fourth-order valence-electron chi connectivity index (χ4n) is 1.99. The quantitative estimate of drug-likeness (QED) is 0.533. The highest BCUT2D eigenvalue weighted by molar-refractivity contribution is 5.80. The average molecular weight is 199 g/mol. The van der Waals surface area contributed by atoms with Gasteiger partial charge in [-0.25, -0.2) is 0 Å². The molecule has 2 rings (SSSR count). The Balaban J connectivity index is 1.92. The molecular formula is C9H17N3O2. The highest BCUT2D eigenvalue weighted by Crippen LogP contribution is 2.12. The number of amides is 1. The molecule has 2 aliphatic rings. The van der Waals surface area contributed by atoms with E-state index in [0.717, 1.165) is 13.1 Å². The van der Waals surface area contributed by atoms with Crippen molar-refractivity contribution in [3.63, 3.8) is 0 Å². The molecule has 2 fully saturated rings. The number of nitrogens with two attached hydrogens (primary N) is 1. The minimum atomic E-state index is -0.0342. The summed E-state index contributed by atoms with van der Waals surface area (Å²) < 4.78 is 5.20. The summed E-state index contributed by atoms with van der Waals surface area (Å²) in [4.78, 5) is 13.8. The predicted octanol–water partition coefficient (Wildman–Crippen LogP) is -1.61. The van der Waals surface area contributed by atoms with Crippen molar-refractivity contribution in [3.8, 4) is 0 Å². The second kappa shape index (κ2) is 4.25. The smallest absolute Gasteiger partial charge is 0.228 e. The van der Waals surface area contributed by atoms with E-state index >= 15 is 0 Å². The number of ether oxygens (including phenoxy) is 1. The summed E-state index contributed by atoms with van der Waals surface area (Å²) in [5.74, 6) is 0.152. The van der Waals surface area contributed by atoms with Crippen LogP contribution in [0.3, 0.4) is 0 Å². The van der Waals surface area contributed by atoms with E-state index in [0.29, 0.717) is 26.3 Å². The first-order valence-corrected chi connectivity index (χ1v) is 5.12. The molecule has 0 aliphatic carbocycles. The van der Waals surface area contributed by atoms with Crippen LogP contribution in [-0.4, -0.2) is 56.2 Å². The number of rotatable bonds is 1. The number of hydrogen-bond acceptors (Lipinski definition) is 4. The van der Waals surface area contributed by atoms with Gasteiger partial charge in [0, 0.05) is 32.2 Å². The monoisotopic (exact) mass is 199 g/mol. The van der Waals surface area contributed by atoms with Crippen molar-refractivity contribution < 1.29 is 9.53 Å². The fraction of sp³-hybridized carbons (Fsp3) is 0.889. The lowest BCUT2D eigenvalue weighted by Gasteiger charge is -2.30. The molecular weight excluding hydrogens is 182 g/mol. The van der Waals surface area contributed by atoms with Crippen LogP contribution in [0, 0.1) is 5.92 Å². The highest BCUT2D eigenvalue weighted by Gasteiger charge is 2.33. The molecule has 0 aromatic heterocycles. The molecule has 1 amide bonds. The first-order chi connectivity index (χ1) is 6.79. The van der Waals surface area contributed by atoms with Crippen molar-refractivity contribution in [1.82, 2.24) is 10.2 Å². The maximum atomic E-state index is 12.0. The van der Waals surface area contributed by atoms with Crippen LogP contribution in [0.25, 0.3) is 0 Å². The van der Waals surface area contributed by atoms with E-state index in [2.05, 4.69) is 5.32 Å². The van der Waals surface area contributed by atoms with Crippen LogP contribution in [0.4, 0.5) is 0 Å². The van der Waals surface area contributed by atoms with Gasteiger partial charge in [-0.05, 0) is 0 Å². The number of nitrogens with zero attached hydrogens (tertiary/aromatic N) is 1. The van der Waals surface area contributed by atoms with Gasteiger partial charge in [-0.2, -0.15) is 0 Å². The molecule has 5 heteroatoms. The maximum Gasteiger partial charge on any atom is 0.228 e. The summed E-state index contributed by atoms with van der Waals surface area (Å²) >= 11 is 0. The molecule has 5 nitrogen and oxygen atoms in total. The highest BCUT2D eigenvalue weighted by atomic mass is 16.5. The summed E-state index contributed by atoms with van der Waals surface area (Å²) in [7, 11) is 0. The van der Waals surface area contributed by atoms with E-state index in [1.807, 2.05) is 4.90 Å². The van der Waals surface area contributed by atoms with E-state index in [1.54, 1.807) is 0 Å². The molecule has 2 saturated heterocycles. The largest absolute Gasteiger partial charge is 0.378 e. The lowest BCUT2D eigenvalue weighted by atomic mass is 10.0. The van der Waals surface area contributed by atoms with Gasteiger partial charge in [-0.15, -0.1) is 0 Å². The summed E-state index contributed by atoms with van der Waals surface area (Å²) in [6.45, 7) is 4.20. The molecule has 2 unspecified atom stereocenters. The van der Waals surface area contributed by atoms with Crippen LogP contribution in [0.5, 0.6) is 0 Å². The molecule has 0 aromatic rings. The van der Waals surface area contributed by atoms with E-state index in [-0.39, 0.29) is 17.9 Å². The minimum absolute atomic E-state index is 0.0228. The number of nitrogens with one attached hydrogen (secondary N) is 1. The van der Waals surface area contributed by atoms with E-state index in [4.69, 9.17) is 10.5 Å². The Morgan fingerprint density at radius 1 is 1.36 bits per heavy atom. The Labute approximate surface area is 83.6 Å². The maximum absolute atomic E-state index is 12.0. The first-order valence-electron chi connectivity index (χ1n) is 5.12. The Hall–Kier alpha value is -0.650. The number of hydrogen-bond donors (Lipinski definition) is 2. The normalized spacial score (nSPS) is 33.4. The van der Waals surface area contributed by atoms with Crippen LogP contribution in [0.2, 0.25) is 0 Å². The lowest BCUT2D eigenvalue weighted by Crippen LogP contribution is -2.48. The predicted molar refractivity (Wildman–Crippen MR) is 51.7 cm³/mol. The standard InChI is InChI=1S/C9H17N3O2/c10-8-6-11-5-7(8)9(13)12-1-3-14-4-2-12/h7-8,11H,1-6,10H2. The molecule has 0 radical (unpaired) electrons. The van der Waals surface area contributed by atoms with Crippen LogP contribution in [0.1, 0.15) is 0 Å². The molecule has 0 aromatic carbocycles. The van der Waals surface area contributed by atoms with Crippen molar-refractivity contribution in [2.24, 2.45) is 11.7 Å². The van der Waals surface area contributed by atoms with Gasteiger partial charge in [0.05, 0.1) is 19.1 Å². The molecule has 0 spiro atoms. The summed E-state index contributed by atoms with van der Waals surface area (Å²) in [5, 5.41) is 3.14. The van der Waals surface area contributed by atoms with Gasteiger partial charge in [-0.1, -0.05) is 0 Å². The second-order valence-electron chi connectivity index (χ2n) is 3.87. The Morgan fingerprint density at radius 3 is 2.64 bits per heavy atom. The third-order valence-corrected chi connectivity index (χ3v) is 2.90. The zero-order valence-electron chi connectivity index (χ0n) is 8.24. The zero-order chi connectivity index (χ0) is 9.97. The first kappa shape index (κ1) is 9.89. The SMILES string of the molecule is NC1CNCC1C(=O)N1CCOCC1. The number of carbonyl (C=O) groups excluding carboxylic acids is 1. The van der Waals surface area contributed by atoms with E-state index in [1.165, 1.54) is 0 Å². The fourth-order valence-corrected chi connectivity index (χ4v) is 1.99. The molecule has 2 heterocycles. The molecule has 0 bridgehead atoms. The second-order valence-corrected chi connectivity index (χ2v) is 3.87. The van der Waals surface area contributed by atoms with E-state index in [9.17, 15) is 4.79 Å². The van der Waals surface area contributed by atoms with Gasteiger partial charge >= 0.3 is 0 Å². The van der Waals surface area contributed by atoms with E-state index < -0.39 is 0 Å². The summed E-state index contributed by atoms with van der Waals surface area (Å²) in [6, 6.07) is -0.0228. The van der Waals surface area contributed by atoms with Crippen molar-refractivity contribution in [2.75, 3.05) is 39.4 Å². The number of carbonyl (C=O) groups is 1. The van der Waals surface area contributed by atoms with Crippen LogP contribution < -0.4 is 11.1 Å². The molecule has 2 atom stereocenters. The van der Waals surface area contributed by atoms with Crippen molar-refractivity contribution in [3.05, 3.63) is 0 Å². The lowest BCUT2D eigenvalue weighted by molar-refractivity contribution is -0.139.